The number of rotatable bonds is 5. The molecule has 0 aliphatic rings. The highest BCUT2D eigenvalue weighted by Gasteiger charge is 2.13. The van der Waals surface area contributed by atoms with Gasteiger partial charge < -0.3 is 19.2 Å². The highest BCUT2D eigenvalue weighted by atomic mass is 35.5. The molecule has 1 N–H and O–H groups in total. The molecule has 0 atom stereocenters. The lowest BCUT2D eigenvalue weighted by Gasteiger charge is -2.10. The third kappa shape index (κ3) is 3.80. The largest absolute Gasteiger partial charge is 0.493 e. The van der Waals surface area contributed by atoms with Crippen molar-refractivity contribution in [2.24, 2.45) is 0 Å². The molecule has 0 spiro atoms. The molecular weight excluding hydrogens is 378 g/mol. The number of hydrogen-bond donors (Lipinski definition) is 1. The zero-order valence-corrected chi connectivity index (χ0v) is 15.7. The maximum atomic E-state index is 12.4. The van der Waals surface area contributed by atoms with Crippen molar-refractivity contribution in [2.75, 3.05) is 12.4 Å². The van der Waals surface area contributed by atoms with E-state index < -0.39 is 0 Å². The van der Waals surface area contributed by atoms with E-state index in [2.05, 4.69) is 5.32 Å². The number of carbonyl (C=O) groups excluding carboxylic acids is 1. The minimum atomic E-state index is -0.342. The molecule has 0 bridgehead atoms. The summed E-state index contributed by atoms with van der Waals surface area (Å²) in [6, 6.07) is 21.3. The fourth-order valence-electron chi connectivity index (χ4n) is 2.76. The Bertz CT molecular complexity index is 1130. The van der Waals surface area contributed by atoms with Gasteiger partial charge in [-0.2, -0.15) is 0 Å². The van der Waals surface area contributed by atoms with Crippen LogP contribution in [0.4, 0.5) is 5.69 Å². The summed E-state index contributed by atoms with van der Waals surface area (Å²) < 4.78 is 16.7. The van der Waals surface area contributed by atoms with Gasteiger partial charge in [-0.15, -0.1) is 0 Å². The number of methoxy groups -OCH3 is 1. The first-order valence-corrected chi connectivity index (χ1v) is 8.91. The molecule has 0 radical (unpaired) electrons. The molecular formula is C22H16ClNO4. The lowest BCUT2D eigenvalue weighted by Crippen LogP contribution is -2.10. The van der Waals surface area contributed by atoms with Gasteiger partial charge in [0.25, 0.3) is 5.91 Å². The molecule has 1 amide bonds. The monoisotopic (exact) mass is 393 g/mol. The number of benzene rings is 3. The fourth-order valence-corrected chi connectivity index (χ4v) is 2.94. The van der Waals surface area contributed by atoms with Crippen molar-refractivity contribution in [1.82, 2.24) is 0 Å². The van der Waals surface area contributed by atoms with E-state index in [4.69, 9.17) is 25.5 Å². The molecule has 6 heteroatoms. The predicted octanol–water partition coefficient (Wildman–Crippen LogP) is 6.14. The van der Waals surface area contributed by atoms with Gasteiger partial charge in [-0.25, -0.2) is 0 Å². The van der Waals surface area contributed by atoms with Crippen molar-refractivity contribution in [3.8, 4) is 17.2 Å². The first kappa shape index (κ1) is 17.9. The van der Waals surface area contributed by atoms with Crippen molar-refractivity contribution in [3.63, 3.8) is 0 Å². The molecule has 4 rings (SSSR count). The molecule has 1 heterocycles. The highest BCUT2D eigenvalue weighted by molar-refractivity contribution is 6.31. The minimum absolute atomic E-state index is 0.214. The maximum Gasteiger partial charge on any atom is 0.291 e. The number of fused-ring (bicyclic) bond motifs is 1. The Morgan fingerprint density at radius 2 is 1.71 bits per heavy atom. The molecule has 28 heavy (non-hydrogen) atoms. The highest BCUT2D eigenvalue weighted by Crippen LogP contribution is 2.31. The molecule has 4 aromatic rings. The van der Waals surface area contributed by atoms with Crippen LogP contribution in [0.3, 0.4) is 0 Å². The Kier molecular flexibility index (Phi) is 4.91. The topological polar surface area (TPSA) is 60.7 Å². The number of carbonyl (C=O) groups is 1. The number of furan rings is 1. The predicted molar refractivity (Wildman–Crippen MR) is 109 cm³/mol. The molecule has 0 unspecified atom stereocenters. The molecule has 0 saturated carbocycles. The van der Waals surface area contributed by atoms with Crippen LogP contribution in [0.2, 0.25) is 5.02 Å². The van der Waals surface area contributed by atoms with Gasteiger partial charge >= 0.3 is 0 Å². The van der Waals surface area contributed by atoms with E-state index in [1.54, 1.807) is 55.6 Å². The Labute approximate surface area is 166 Å². The van der Waals surface area contributed by atoms with E-state index in [-0.39, 0.29) is 11.7 Å². The minimum Gasteiger partial charge on any atom is -0.493 e. The van der Waals surface area contributed by atoms with Crippen molar-refractivity contribution >= 4 is 34.2 Å². The third-order valence-electron chi connectivity index (χ3n) is 4.11. The number of ether oxygens (including phenoxy) is 2. The molecule has 5 nitrogen and oxygen atoms in total. The molecule has 0 fully saturated rings. The van der Waals surface area contributed by atoms with E-state index in [1.165, 1.54) is 0 Å². The second-order valence-electron chi connectivity index (χ2n) is 6.02. The number of nitrogens with one attached hydrogen (secondary N) is 1. The third-order valence-corrected chi connectivity index (χ3v) is 4.35. The van der Waals surface area contributed by atoms with Gasteiger partial charge in [0.15, 0.2) is 17.3 Å². The van der Waals surface area contributed by atoms with Gasteiger partial charge in [0, 0.05) is 16.1 Å². The maximum absolute atomic E-state index is 12.4. The first-order valence-electron chi connectivity index (χ1n) is 8.54. The van der Waals surface area contributed by atoms with E-state index in [0.29, 0.717) is 33.5 Å². The van der Waals surface area contributed by atoms with Gasteiger partial charge in [-0.05, 0) is 60.7 Å². The van der Waals surface area contributed by atoms with Crippen LogP contribution in [0.1, 0.15) is 10.6 Å². The SMILES string of the molecule is COc1ccccc1Oc1ccc(NC(=O)c2cc3cc(Cl)ccc3o2)cc1. The summed E-state index contributed by atoms with van der Waals surface area (Å²) in [5.41, 5.74) is 1.23. The van der Waals surface area contributed by atoms with Crippen molar-refractivity contribution < 1.29 is 18.7 Å². The second-order valence-corrected chi connectivity index (χ2v) is 6.46. The van der Waals surface area contributed by atoms with Crippen molar-refractivity contribution in [1.29, 1.82) is 0 Å². The lowest BCUT2D eigenvalue weighted by atomic mass is 10.2. The summed E-state index contributed by atoms with van der Waals surface area (Å²) in [7, 11) is 1.59. The summed E-state index contributed by atoms with van der Waals surface area (Å²) >= 11 is 5.97. The van der Waals surface area contributed by atoms with E-state index in [9.17, 15) is 4.79 Å². The Balaban J connectivity index is 1.47. The first-order chi connectivity index (χ1) is 13.6. The molecule has 0 aliphatic heterocycles. The summed E-state index contributed by atoms with van der Waals surface area (Å²) in [5, 5.41) is 4.17. The van der Waals surface area contributed by atoms with Crippen LogP contribution in [0.15, 0.2) is 77.2 Å². The summed E-state index contributed by atoms with van der Waals surface area (Å²) in [4.78, 5) is 12.4. The van der Waals surface area contributed by atoms with E-state index in [1.807, 2.05) is 24.3 Å². The summed E-state index contributed by atoms with van der Waals surface area (Å²) in [6.45, 7) is 0. The summed E-state index contributed by atoms with van der Waals surface area (Å²) in [6.07, 6.45) is 0. The van der Waals surface area contributed by atoms with Gasteiger partial charge in [-0.3, -0.25) is 4.79 Å². The quantitative estimate of drug-likeness (QED) is 0.442. The smallest absolute Gasteiger partial charge is 0.291 e. The molecule has 1 aromatic heterocycles. The van der Waals surface area contributed by atoms with Crippen LogP contribution in [-0.2, 0) is 0 Å². The number of para-hydroxylation sites is 2. The Hall–Kier alpha value is -3.44. The lowest BCUT2D eigenvalue weighted by molar-refractivity contribution is 0.0998. The Morgan fingerprint density at radius 3 is 2.46 bits per heavy atom. The number of anilines is 1. The van der Waals surface area contributed by atoms with Gasteiger partial charge in [0.1, 0.15) is 11.3 Å². The number of amides is 1. The van der Waals surface area contributed by atoms with Crippen LogP contribution in [-0.4, -0.2) is 13.0 Å². The second kappa shape index (κ2) is 7.66. The molecule has 3 aromatic carbocycles. The zero-order chi connectivity index (χ0) is 19.5. The average molecular weight is 394 g/mol. The fraction of sp³-hybridized carbons (Fsp3) is 0.0455. The van der Waals surface area contributed by atoms with Gasteiger partial charge in [-0.1, -0.05) is 23.7 Å². The summed E-state index contributed by atoms with van der Waals surface area (Å²) in [5.74, 6) is 1.76. The number of halogens is 1. The molecule has 140 valence electrons. The van der Waals surface area contributed by atoms with Crippen molar-refractivity contribution in [2.45, 2.75) is 0 Å². The molecule has 0 saturated heterocycles. The Morgan fingerprint density at radius 1 is 0.964 bits per heavy atom. The van der Waals surface area contributed by atoms with Gasteiger partial charge in [0.05, 0.1) is 7.11 Å². The van der Waals surface area contributed by atoms with E-state index >= 15 is 0 Å². The van der Waals surface area contributed by atoms with Crippen LogP contribution >= 0.6 is 11.6 Å². The number of hydrogen-bond acceptors (Lipinski definition) is 4. The average Bonchev–Trinajstić information content (AvgIpc) is 3.13. The standard InChI is InChI=1S/C22H16ClNO4/c1-26-19-4-2-3-5-20(19)27-17-9-7-16(8-10-17)24-22(25)21-13-14-12-15(23)6-11-18(14)28-21/h2-13H,1H3,(H,24,25). The van der Waals surface area contributed by atoms with Crippen LogP contribution in [0.25, 0.3) is 11.0 Å². The zero-order valence-electron chi connectivity index (χ0n) is 14.9. The van der Waals surface area contributed by atoms with Crippen LogP contribution in [0.5, 0.6) is 17.2 Å². The van der Waals surface area contributed by atoms with Crippen molar-refractivity contribution in [3.05, 3.63) is 83.6 Å². The normalized spacial score (nSPS) is 10.6. The van der Waals surface area contributed by atoms with E-state index in [0.717, 1.165) is 5.39 Å². The van der Waals surface area contributed by atoms with Crippen LogP contribution < -0.4 is 14.8 Å². The van der Waals surface area contributed by atoms with Gasteiger partial charge in [0.2, 0.25) is 0 Å². The molecule has 0 aliphatic carbocycles. The van der Waals surface area contributed by atoms with Crippen LogP contribution in [0, 0.1) is 0 Å².